The highest BCUT2D eigenvalue weighted by Gasteiger charge is 2.24. The van der Waals surface area contributed by atoms with Crippen LogP contribution in [-0.4, -0.2) is 14.4 Å². The van der Waals surface area contributed by atoms with E-state index in [9.17, 15) is 5.11 Å². The van der Waals surface area contributed by atoms with E-state index in [4.69, 9.17) is 9.97 Å². The number of hydrogen-bond donors (Lipinski definition) is 0. The minimum atomic E-state index is -1.53. The van der Waals surface area contributed by atoms with Crippen molar-refractivity contribution in [1.29, 1.82) is 0 Å². The molecule has 4 heteroatoms. The van der Waals surface area contributed by atoms with Gasteiger partial charge < -0.3 is 5.11 Å². The number of aromatic nitrogens is 3. The summed E-state index contributed by atoms with van der Waals surface area (Å²) in [5, 5.41) is 15.7. The second kappa shape index (κ2) is 8.40. The molecule has 0 radical (unpaired) electrons. The molecule has 0 bridgehead atoms. The molecule has 7 aromatic rings. The Morgan fingerprint density at radius 3 is 1.86 bits per heavy atom. The normalized spacial score (nSPS) is 11.9. The Morgan fingerprint density at radius 2 is 1.16 bits per heavy atom. The lowest BCUT2D eigenvalue weighted by molar-refractivity contribution is -0.455. The van der Waals surface area contributed by atoms with Gasteiger partial charge in [0.05, 0.1) is 16.7 Å². The first kappa shape index (κ1) is 21.5. The van der Waals surface area contributed by atoms with Crippen molar-refractivity contribution in [3.63, 3.8) is 0 Å². The quantitative estimate of drug-likeness (QED) is 0.278. The lowest BCUT2D eigenvalue weighted by Crippen LogP contribution is -2.43. The molecule has 0 fully saturated rings. The number of fused-ring (bicyclic) bond motifs is 5. The van der Waals surface area contributed by atoms with Gasteiger partial charge in [0, 0.05) is 17.1 Å². The van der Waals surface area contributed by atoms with Gasteiger partial charge in [0.1, 0.15) is 11.2 Å². The highest BCUT2D eigenvalue weighted by atomic mass is 16.3. The first-order chi connectivity index (χ1) is 18.2. The first-order valence-electron chi connectivity index (χ1n) is 12.3. The van der Waals surface area contributed by atoms with E-state index in [1.807, 2.05) is 128 Å². The molecule has 37 heavy (non-hydrogen) atoms. The summed E-state index contributed by atoms with van der Waals surface area (Å²) in [4.78, 5) is 10.0. The molecule has 0 spiro atoms. The molecule has 0 amide bonds. The predicted octanol–water partition coefficient (Wildman–Crippen LogP) is 6.35. The Labute approximate surface area is 214 Å². The van der Waals surface area contributed by atoms with Crippen LogP contribution in [-0.2, 0) is 5.60 Å². The van der Waals surface area contributed by atoms with Gasteiger partial charge in [-0.25, -0.2) is 9.97 Å². The lowest BCUT2D eigenvalue weighted by Gasteiger charge is -2.42. The van der Waals surface area contributed by atoms with Crippen LogP contribution in [0.1, 0.15) is 16.7 Å². The molecular weight excluding hydrogens is 454 g/mol. The maximum Gasteiger partial charge on any atom is 0.137 e. The molecule has 3 aromatic heterocycles. The van der Waals surface area contributed by atoms with Crippen molar-refractivity contribution >= 4 is 27.6 Å². The smallest absolute Gasteiger partial charge is 0.137 e. The summed E-state index contributed by atoms with van der Waals surface area (Å²) in [6.45, 7) is 0. The fourth-order valence-corrected chi connectivity index (χ4v) is 5.26. The van der Waals surface area contributed by atoms with Gasteiger partial charge in [-0.1, -0.05) is 109 Å². The van der Waals surface area contributed by atoms with Crippen LogP contribution in [0.4, 0.5) is 0 Å². The van der Waals surface area contributed by atoms with E-state index >= 15 is 0 Å². The number of imidazole rings is 1. The van der Waals surface area contributed by atoms with Gasteiger partial charge in [-0.05, 0) is 40.5 Å². The summed E-state index contributed by atoms with van der Waals surface area (Å²) in [5.74, 6) is 0. The third-order valence-corrected chi connectivity index (χ3v) is 7.07. The fraction of sp³-hybridized carbons (Fsp3) is 0.0303. The van der Waals surface area contributed by atoms with Crippen LogP contribution in [0.5, 0.6) is 0 Å². The molecule has 3 heterocycles. The third-order valence-electron chi connectivity index (χ3n) is 7.07. The van der Waals surface area contributed by atoms with Gasteiger partial charge >= 0.3 is 0 Å². The van der Waals surface area contributed by atoms with Crippen LogP contribution in [0, 0.1) is 0 Å². The van der Waals surface area contributed by atoms with Crippen molar-refractivity contribution in [3.8, 4) is 11.3 Å². The summed E-state index contributed by atoms with van der Waals surface area (Å²) < 4.78 is 2.09. The SMILES string of the molecule is [O-]C(c1ccccc1)(c1ccccc1)c1ccc(-c2nc3ccccc3c3nc4ccccn4c23)cc1. The molecule has 0 saturated carbocycles. The minimum Gasteiger partial charge on any atom is -0.839 e. The number of benzene rings is 4. The molecule has 0 N–H and O–H groups in total. The topological polar surface area (TPSA) is 53.2 Å². The average Bonchev–Trinajstić information content (AvgIpc) is 3.37. The summed E-state index contributed by atoms with van der Waals surface area (Å²) in [5.41, 5.74) is 6.00. The molecular formula is C33H22N3O-. The van der Waals surface area contributed by atoms with Crippen LogP contribution in [0.3, 0.4) is 0 Å². The Balaban J connectivity index is 1.45. The summed E-state index contributed by atoms with van der Waals surface area (Å²) in [6.07, 6.45) is 2.02. The molecule has 176 valence electrons. The van der Waals surface area contributed by atoms with Crippen molar-refractivity contribution in [2.45, 2.75) is 5.60 Å². The zero-order valence-electron chi connectivity index (χ0n) is 20.0. The van der Waals surface area contributed by atoms with E-state index in [1.54, 1.807) is 0 Å². The van der Waals surface area contributed by atoms with Crippen molar-refractivity contribution in [2.75, 3.05) is 0 Å². The van der Waals surface area contributed by atoms with Crippen LogP contribution >= 0.6 is 0 Å². The molecule has 7 rings (SSSR count). The van der Waals surface area contributed by atoms with Gasteiger partial charge in [-0.2, -0.15) is 0 Å². The molecule has 4 aromatic carbocycles. The third kappa shape index (κ3) is 3.34. The van der Waals surface area contributed by atoms with Gasteiger partial charge in [0.2, 0.25) is 0 Å². The molecule has 0 aliphatic rings. The van der Waals surface area contributed by atoms with Crippen molar-refractivity contribution < 1.29 is 5.11 Å². The lowest BCUT2D eigenvalue weighted by atomic mass is 9.80. The highest BCUT2D eigenvalue weighted by molar-refractivity contribution is 6.08. The van der Waals surface area contributed by atoms with Gasteiger partial charge in [0.25, 0.3) is 0 Å². The molecule has 0 atom stereocenters. The van der Waals surface area contributed by atoms with E-state index in [1.165, 1.54) is 0 Å². The molecule has 0 unspecified atom stereocenters. The predicted molar refractivity (Wildman–Crippen MR) is 146 cm³/mol. The fourth-order valence-electron chi connectivity index (χ4n) is 5.26. The Morgan fingerprint density at radius 1 is 0.568 bits per heavy atom. The van der Waals surface area contributed by atoms with Crippen LogP contribution < -0.4 is 5.11 Å². The maximum absolute atomic E-state index is 14.6. The van der Waals surface area contributed by atoms with Crippen molar-refractivity contribution in [1.82, 2.24) is 14.4 Å². The Bertz CT molecular complexity index is 1840. The zero-order valence-corrected chi connectivity index (χ0v) is 20.0. The molecule has 4 nitrogen and oxygen atoms in total. The number of hydrogen-bond acceptors (Lipinski definition) is 3. The van der Waals surface area contributed by atoms with Gasteiger partial charge in [-0.15, -0.1) is 0 Å². The zero-order chi connectivity index (χ0) is 24.8. The molecule has 0 aliphatic carbocycles. The van der Waals surface area contributed by atoms with E-state index in [0.29, 0.717) is 16.7 Å². The monoisotopic (exact) mass is 476 g/mol. The molecule has 0 saturated heterocycles. The van der Waals surface area contributed by atoms with E-state index in [0.717, 1.165) is 38.8 Å². The standard InChI is InChI=1S/C33H22N3O/c37-33(24-11-3-1-4-12-24,25-13-5-2-6-14-25)26-20-18-23(19-21-26)30-32-31(27-15-7-8-16-28(27)34-30)35-29-17-9-10-22-36(29)32/h1-22H/q-1. The Hall–Kier alpha value is -4.80. The second-order valence-corrected chi connectivity index (χ2v) is 9.21. The van der Waals surface area contributed by atoms with Crippen molar-refractivity contribution in [2.24, 2.45) is 0 Å². The van der Waals surface area contributed by atoms with Crippen LogP contribution in [0.25, 0.3) is 38.8 Å². The summed E-state index contributed by atoms with van der Waals surface area (Å²) in [7, 11) is 0. The summed E-state index contributed by atoms with van der Waals surface area (Å²) >= 11 is 0. The van der Waals surface area contributed by atoms with Crippen LogP contribution in [0.2, 0.25) is 0 Å². The minimum absolute atomic E-state index is 0.684. The van der Waals surface area contributed by atoms with E-state index in [-0.39, 0.29) is 0 Å². The second-order valence-electron chi connectivity index (χ2n) is 9.21. The largest absolute Gasteiger partial charge is 0.839 e. The average molecular weight is 477 g/mol. The number of rotatable bonds is 4. The number of nitrogens with zero attached hydrogens (tertiary/aromatic N) is 3. The molecule has 0 aliphatic heterocycles. The van der Waals surface area contributed by atoms with E-state index in [2.05, 4.69) is 10.5 Å². The first-order valence-corrected chi connectivity index (χ1v) is 12.3. The van der Waals surface area contributed by atoms with Gasteiger partial charge in [0.15, 0.2) is 0 Å². The van der Waals surface area contributed by atoms with E-state index < -0.39 is 5.60 Å². The Kier molecular flexibility index (Phi) is 4.88. The number of pyridine rings is 2. The van der Waals surface area contributed by atoms with Gasteiger partial charge in [-0.3, -0.25) is 4.40 Å². The number of para-hydroxylation sites is 1. The maximum atomic E-state index is 14.6. The highest BCUT2D eigenvalue weighted by Crippen LogP contribution is 2.37. The summed E-state index contributed by atoms with van der Waals surface area (Å²) in [6, 6.07) is 41.1. The van der Waals surface area contributed by atoms with Crippen molar-refractivity contribution in [3.05, 3.63) is 150 Å². The van der Waals surface area contributed by atoms with Crippen LogP contribution in [0.15, 0.2) is 134 Å².